The van der Waals surface area contributed by atoms with Crippen molar-refractivity contribution in [3.63, 3.8) is 0 Å². The Bertz CT molecular complexity index is 1030. The fourth-order valence-corrected chi connectivity index (χ4v) is 3.19. The summed E-state index contributed by atoms with van der Waals surface area (Å²) in [7, 11) is 0. The normalized spacial score (nSPS) is 12.4. The number of nitrogens with zero attached hydrogens (tertiary/aromatic N) is 5. The van der Waals surface area contributed by atoms with Gasteiger partial charge in [0, 0.05) is 11.2 Å². The van der Waals surface area contributed by atoms with Crippen LogP contribution in [0.2, 0.25) is 0 Å². The van der Waals surface area contributed by atoms with E-state index in [-0.39, 0.29) is 18.4 Å². The summed E-state index contributed by atoms with van der Waals surface area (Å²) >= 11 is 0. The highest BCUT2D eigenvalue weighted by atomic mass is 16.3. The zero-order valence-electron chi connectivity index (χ0n) is 18.5. The van der Waals surface area contributed by atoms with E-state index in [2.05, 4.69) is 20.7 Å². The summed E-state index contributed by atoms with van der Waals surface area (Å²) in [6.07, 6.45) is 0.449. The number of carbonyl (C=O) groups excluding carboxylic acids is 2. The molecular formula is C22H28N6O3. The molecule has 0 saturated heterocycles. The van der Waals surface area contributed by atoms with E-state index in [9.17, 15) is 9.59 Å². The van der Waals surface area contributed by atoms with Gasteiger partial charge in [0.25, 0.3) is 5.91 Å². The molecule has 0 aliphatic rings. The highest BCUT2D eigenvalue weighted by molar-refractivity contribution is 6.00. The first-order chi connectivity index (χ1) is 14.7. The number of nitrogens with one attached hydrogen (secondary N) is 1. The van der Waals surface area contributed by atoms with Crippen LogP contribution in [-0.2, 0) is 16.1 Å². The number of amides is 2. The summed E-state index contributed by atoms with van der Waals surface area (Å²) < 4.78 is 5.51. The van der Waals surface area contributed by atoms with Crippen molar-refractivity contribution in [3.8, 4) is 11.6 Å². The number of rotatable bonds is 7. The number of furan rings is 1. The molecule has 164 valence electrons. The Labute approximate surface area is 181 Å². The molecule has 3 aromatic rings. The number of aromatic nitrogens is 4. The summed E-state index contributed by atoms with van der Waals surface area (Å²) in [4.78, 5) is 29.0. The number of aryl methyl sites for hydroxylation is 1. The van der Waals surface area contributed by atoms with Crippen LogP contribution in [0, 0.1) is 6.92 Å². The molecule has 0 spiro atoms. The van der Waals surface area contributed by atoms with E-state index < -0.39 is 11.6 Å². The Hall–Kier alpha value is -3.49. The molecule has 0 fully saturated rings. The molecule has 0 saturated carbocycles. The van der Waals surface area contributed by atoms with Gasteiger partial charge in [-0.2, -0.15) is 4.80 Å². The fraction of sp³-hybridized carbons (Fsp3) is 0.409. The number of para-hydroxylation sites is 1. The molecule has 0 bridgehead atoms. The van der Waals surface area contributed by atoms with Crippen molar-refractivity contribution >= 4 is 17.5 Å². The highest BCUT2D eigenvalue weighted by Crippen LogP contribution is 2.21. The minimum atomic E-state index is -0.676. The van der Waals surface area contributed by atoms with Gasteiger partial charge in [0.05, 0.1) is 0 Å². The summed E-state index contributed by atoms with van der Waals surface area (Å²) in [5, 5.41) is 15.2. The third-order valence-corrected chi connectivity index (χ3v) is 4.49. The van der Waals surface area contributed by atoms with Crippen LogP contribution in [0.1, 0.15) is 39.9 Å². The summed E-state index contributed by atoms with van der Waals surface area (Å²) in [5.41, 5.74) is 0.213. The molecule has 2 amide bonds. The van der Waals surface area contributed by atoms with Gasteiger partial charge in [-0.15, -0.1) is 10.2 Å². The highest BCUT2D eigenvalue weighted by Gasteiger charge is 2.32. The van der Waals surface area contributed by atoms with E-state index in [1.54, 1.807) is 24.3 Å². The molecular weight excluding hydrogens is 396 g/mol. The third kappa shape index (κ3) is 5.56. The number of benzene rings is 1. The predicted octanol–water partition coefficient (Wildman–Crippen LogP) is 2.97. The van der Waals surface area contributed by atoms with Crippen LogP contribution in [-0.4, -0.2) is 43.6 Å². The molecule has 9 nitrogen and oxygen atoms in total. The van der Waals surface area contributed by atoms with E-state index in [1.165, 1.54) is 9.70 Å². The van der Waals surface area contributed by atoms with Crippen LogP contribution < -0.4 is 10.2 Å². The standard InChI is InChI=1S/C22H28N6O3/c1-6-17(21(30)23-22(3,4)5)28(16-10-8-7-9-11-16)19(29)14-27-25-20(24-26-27)18-13-12-15(2)31-18/h7-13,17H,6,14H2,1-5H3,(H,23,30)/t17-/m1/s1. The van der Waals surface area contributed by atoms with Gasteiger partial charge < -0.3 is 9.73 Å². The molecule has 1 atom stereocenters. The van der Waals surface area contributed by atoms with Crippen molar-refractivity contribution in [1.82, 2.24) is 25.5 Å². The van der Waals surface area contributed by atoms with E-state index in [4.69, 9.17) is 4.42 Å². The van der Waals surface area contributed by atoms with Crippen LogP contribution in [0.4, 0.5) is 5.69 Å². The van der Waals surface area contributed by atoms with E-state index in [0.717, 1.165) is 5.76 Å². The Morgan fingerprint density at radius 3 is 2.45 bits per heavy atom. The van der Waals surface area contributed by atoms with Crippen LogP contribution in [0.15, 0.2) is 46.9 Å². The van der Waals surface area contributed by atoms with Crippen molar-refractivity contribution in [2.24, 2.45) is 0 Å². The lowest BCUT2D eigenvalue weighted by atomic mass is 10.1. The fourth-order valence-electron chi connectivity index (χ4n) is 3.19. The van der Waals surface area contributed by atoms with Crippen molar-refractivity contribution in [3.05, 3.63) is 48.2 Å². The minimum Gasteiger partial charge on any atom is -0.458 e. The average molecular weight is 425 g/mol. The Balaban J connectivity index is 1.86. The Morgan fingerprint density at radius 2 is 1.87 bits per heavy atom. The van der Waals surface area contributed by atoms with E-state index in [0.29, 0.717) is 23.7 Å². The molecule has 0 aliphatic carbocycles. The van der Waals surface area contributed by atoms with Crippen LogP contribution in [0.5, 0.6) is 0 Å². The summed E-state index contributed by atoms with van der Waals surface area (Å²) in [6, 6.07) is 12.0. The molecule has 2 aromatic heterocycles. The lowest BCUT2D eigenvalue weighted by molar-refractivity contribution is -0.128. The average Bonchev–Trinajstić information content (AvgIpc) is 3.34. The number of hydrogen-bond donors (Lipinski definition) is 1. The van der Waals surface area contributed by atoms with Gasteiger partial charge in [-0.25, -0.2) is 0 Å². The van der Waals surface area contributed by atoms with Gasteiger partial charge >= 0.3 is 0 Å². The van der Waals surface area contributed by atoms with Crippen LogP contribution in [0.3, 0.4) is 0 Å². The number of carbonyl (C=O) groups is 2. The first kappa shape index (κ1) is 22.2. The number of hydrogen-bond acceptors (Lipinski definition) is 6. The topological polar surface area (TPSA) is 106 Å². The zero-order chi connectivity index (χ0) is 22.6. The third-order valence-electron chi connectivity index (χ3n) is 4.49. The summed E-state index contributed by atoms with van der Waals surface area (Å²) in [5.74, 6) is 0.970. The largest absolute Gasteiger partial charge is 0.458 e. The Kier molecular flexibility index (Phi) is 6.53. The van der Waals surface area contributed by atoms with Gasteiger partial charge in [-0.05, 0) is 63.6 Å². The van der Waals surface area contributed by atoms with E-state index >= 15 is 0 Å². The maximum Gasteiger partial charge on any atom is 0.251 e. The van der Waals surface area contributed by atoms with Crippen molar-refractivity contribution < 1.29 is 14.0 Å². The molecule has 1 N–H and O–H groups in total. The zero-order valence-corrected chi connectivity index (χ0v) is 18.5. The van der Waals surface area contributed by atoms with Crippen LogP contribution >= 0.6 is 0 Å². The number of tetrazole rings is 1. The van der Waals surface area contributed by atoms with Crippen molar-refractivity contribution in [1.29, 1.82) is 0 Å². The predicted molar refractivity (Wildman–Crippen MR) is 116 cm³/mol. The molecule has 1 aromatic carbocycles. The van der Waals surface area contributed by atoms with Crippen molar-refractivity contribution in [2.75, 3.05) is 4.90 Å². The van der Waals surface area contributed by atoms with Gasteiger partial charge in [0.2, 0.25) is 11.7 Å². The Morgan fingerprint density at radius 1 is 1.16 bits per heavy atom. The number of anilines is 1. The lowest BCUT2D eigenvalue weighted by Gasteiger charge is -2.32. The molecule has 3 rings (SSSR count). The maximum absolute atomic E-state index is 13.3. The molecule has 0 aliphatic heterocycles. The van der Waals surface area contributed by atoms with Crippen LogP contribution in [0.25, 0.3) is 11.6 Å². The molecule has 0 radical (unpaired) electrons. The smallest absolute Gasteiger partial charge is 0.251 e. The first-order valence-corrected chi connectivity index (χ1v) is 10.2. The lowest BCUT2D eigenvalue weighted by Crippen LogP contribution is -2.54. The maximum atomic E-state index is 13.3. The van der Waals surface area contributed by atoms with Gasteiger partial charge in [-0.1, -0.05) is 25.1 Å². The second-order valence-corrected chi connectivity index (χ2v) is 8.32. The van der Waals surface area contributed by atoms with Gasteiger partial charge in [0.15, 0.2) is 5.76 Å². The summed E-state index contributed by atoms with van der Waals surface area (Å²) in [6.45, 7) is 9.25. The second kappa shape index (κ2) is 9.11. The molecule has 2 heterocycles. The van der Waals surface area contributed by atoms with Gasteiger partial charge in [0.1, 0.15) is 18.3 Å². The molecule has 9 heteroatoms. The second-order valence-electron chi connectivity index (χ2n) is 8.32. The minimum absolute atomic E-state index is 0.166. The quantitative estimate of drug-likeness (QED) is 0.625. The monoisotopic (exact) mass is 424 g/mol. The van der Waals surface area contributed by atoms with Gasteiger partial charge in [-0.3, -0.25) is 14.5 Å². The first-order valence-electron chi connectivity index (χ1n) is 10.2. The molecule has 31 heavy (non-hydrogen) atoms. The molecule has 0 unspecified atom stereocenters. The van der Waals surface area contributed by atoms with Crippen molar-refractivity contribution in [2.45, 2.75) is 59.2 Å². The SMILES string of the molecule is CC[C@H](C(=O)NC(C)(C)C)N(C(=O)Cn1nnc(-c2ccc(C)o2)n1)c1ccccc1. The van der Waals surface area contributed by atoms with E-state index in [1.807, 2.05) is 52.8 Å².